The van der Waals surface area contributed by atoms with Crippen molar-refractivity contribution in [2.75, 3.05) is 6.54 Å². The summed E-state index contributed by atoms with van der Waals surface area (Å²) in [5.74, 6) is 0. The highest BCUT2D eigenvalue weighted by molar-refractivity contribution is 6.69. The van der Waals surface area contributed by atoms with Gasteiger partial charge in [0.25, 0.3) is 0 Å². The van der Waals surface area contributed by atoms with Gasteiger partial charge in [-0.25, -0.2) is 0 Å². The van der Waals surface area contributed by atoms with Crippen LogP contribution in [-0.4, -0.2) is 25.8 Å². The normalized spacial score (nSPS) is 17.8. The fourth-order valence-corrected chi connectivity index (χ4v) is 6.54. The third-order valence-electron chi connectivity index (χ3n) is 6.80. The Hall–Kier alpha value is -2.68. The minimum absolute atomic E-state index is 0.0201. The topological polar surface area (TPSA) is 12.5 Å². The van der Waals surface area contributed by atoms with Gasteiger partial charge in [0, 0.05) is 6.54 Å². The maximum atomic E-state index is 14.0. The van der Waals surface area contributed by atoms with Crippen molar-refractivity contribution in [3.8, 4) is 0 Å². The van der Waals surface area contributed by atoms with Gasteiger partial charge >= 0.3 is 24.7 Å². The van der Waals surface area contributed by atoms with Crippen LogP contribution in [0.25, 0.3) is 0 Å². The molecule has 0 radical (unpaired) electrons. The number of allylic oxidation sites excluding steroid dienone is 1. The number of hydrogen-bond acceptors (Lipinski definition) is 2. The standard InChI is InChI=1S/C28H29F12NOSi/c1-5-6-9-41-10-7-8-23(41)24(42-43(2,3)4,17-11-19(25(29,30)31)15-20(12-17)26(32,33)34)18-13-21(27(35,36)37)16-22(14-18)28(38,39)40/h6,9,11-16,23H,5,7-8,10H2,1-4H3/b9-6+/t23-/m0/s1. The van der Waals surface area contributed by atoms with E-state index in [2.05, 4.69) is 0 Å². The summed E-state index contributed by atoms with van der Waals surface area (Å²) in [6.07, 6.45) is -17.6. The second-order valence-electron chi connectivity index (χ2n) is 11.2. The van der Waals surface area contributed by atoms with Crippen LogP contribution >= 0.6 is 0 Å². The van der Waals surface area contributed by atoms with Crippen molar-refractivity contribution in [1.29, 1.82) is 0 Å². The lowest BCUT2D eigenvalue weighted by Crippen LogP contribution is -2.53. The van der Waals surface area contributed by atoms with Crippen LogP contribution in [-0.2, 0) is 34.7 Å². The Morgan fingerprint density at radius 1 is 0.674 bits per heavy atom. The maximum absolute atomic E-state index is 14.0. The maximum Gasteiger partial charge on any atom is 0.416 e. The molecule has 0 unspecified atom stereocenters. The smallest absolute Gasteiger partial charge is 0.402 e. The Morgan fingerprint density at radius 2 is 1.02 bits per heavy atom. The van der Waals surface area contributed by atoms with E-state index in [9.17, 15) is 52.7 Å². The minimum Gasteiger partial charge on any atom is -0.402 e. The molecule has 0 saturated carbocycles. The summed E-state index contributed by atoms with van der Waals surface area (Å²) in [5.41, 5.74) is -11.4. The zero-order valence-electron chi connectivity index (χ0n) is 23.4. The molecule has 1 atom stereocenters. The molecule has 2 aromatic carbocycles. The fraction of sp³-hybridized carbons (Fsp3) is 0.500. The van der Waals surface area contributed by atoms with Gasteiger partial charge in [0.15, 0.2) is 8.32 Å². The monoisotopic (exact) mass is 651 g/mol. The molecule has 1 fully saturated rings. The minimum atomic E-state index is -5.34. The third-order valence-corrected chi connectivity index (χ3v) is 7.73. The zero-order chi connectivity index (χ0) is 32.8. The van der Waals surface area contributed by atoms with Crippen LogP contribution in [0.1, 0.15) is 59.6 Å². The van der Waals surface area contributed by atoms with Crippen LogP contribution < -0.4 is 0 Å². The van der Waals surface area contributed by atoms with Gasteiger partial charge in [0.1, 0.15) is 5.60 Å². The lowest BCUT2D eigenvalue weighted by atomic mass is 9.76. The molecule has 1 aliphatic heterocycles. The van der Waals surface area contributed by atoms with Crippen molar-refractivity contribution in [2.45, 2.75) is 82.2 Å². The van der Waals surface area contributed by atoms with E-state index in [1.54, 1.807) is 13.0 Å². The summed E-state index contributed by atoms with van der Waals surface area (Å²) in [7, 11) is -3.22. The highest BCUT2D eigenvalue weighted by Crippen LogP contribution is 2.50. The molecule has 0 spiro atoms. The molecule has 2 aromatic rings. The molecule has 240 valence electrons. The number of benzene rings is 2. The summed E-state index contributed by atoms with van der Waals surface area (Å²) in [5, 5.41) is 0. The highest BCUT2D eigenvalue weighted by Gasteiger charge is 2.53. The first-order chi connectivity index (χ1) is 19.4. The van der Waals surface area contributed by atoms with Crippen LogP contribution in [0, 0.1) is 0 Å². The molecule has 0 bridgehead atoms. The van der Waals surface area contributed by atoms with E-state index in [1.807, 2.05) is 0 Å². The van der Waals surface area contributed by atoms with E-state index >= 15 is 0 Å². The summed E-state index contributed by atoms with van der Waals surface area (Å²) >= 11 is 0. The van der Waals surface area contributed by atoms with Gasteiger partial charge in [-0.15, -0.1) is 0 Å². The Balaban J connectivity index is 2.64. The zero-order valence-corrected chi connectivity index (χ0v) is 24.4. The second kappa shape index (κ2) is 11.7. The molecule has 0 N–H and O–H groups in total. The van der Waals surface area contributed by atoms with Gasteiger partial charge < -0.3 is 9.33 Å². The molecule has 0 aliphatic carbocycles. The van der Waals surface area contributed by atoms with E-state index < -0.39 is 78.0 Å². The first-order valence-electron chi connectivity index (χ1n) is 13.1. The largest absolute Gasteiger partial charge is 0.416 e. The number of nitrogens with zero attached hydrogens (tertiary/aromatic N) is 1. The molecule has 3 rings (SSSR count). The summed E-state index contributed by atoms with van der Waals surface area (Å²) in [6.45, 7) is 6.37. The van der Waals surface area contributed by atoms with Crippen molar-refractivity contribution < 1.29 is 57.1 Å². The van der Waals surface area contributed by atoms with Gasteiger partial charge in [-0.1, -0.05) is 13.0 Å². The molecule has 1 aliphatic rings. The summed E-state index contributed by atoms with van der Waals surface area (Å²) < 4.78 is 174. The van der Waals surface area contributed by atoms with Crippen molar-refractivity contribution in [3.05, 3.63) is 82.1 Å². The van der Waals surface area contributed by atoms with E-state index in [0.29, 0.717) is 30.7 Å². The fourth-order valence-electron chi connectivity index (χ4n) is 5.20. The number of rotatable bonds is 7. The lowest BCUT2D eigenvalue weighted by molar-refractivity contribution is -0.144. The van der Waals surface area contributed by atoms with Crippen molar-refractivity contribution in [2.24, 2.45) is 0 Å². The molecule has 1 saturated heterocycles. The molecule has 0 aromatic heterocycles. The van der Waals surface area contributed by atoms with E-state index in [0.717, 1.165) is 0 Å². The molecular formula is C28H29F12NOSi. The van der Waals surface area contributed by atoms with Crippen LogP contribution in [0.3, 0.4) is 0 Å². The molecule has 0 amide bonds. The van der Waals surface area contributed by atoms with Crippen LogP contribution in [0.5, 0.6) is 0 Å². The Bertz CT molecular complexity index is 1180. The second-order valence-corrected chi connectivity index (χ2v) is 15.7. The average molecular weight is 652 g/mol. The number of alkyl halides is 12. The Kier molecular flexibility index (Phi) is 9.45. The van der Waals surface area contributed by atoms with Crippen LogP contribution in [0.2, 0.25) is 19.6 Å². The highest BCUT2D eigenvalue weighted by atomic mass is 28.4. The van der Waals surface area contributed by atoms with Gasteiger partial charge in [-0.3, -0.25) is 0 Å². The van der Waals surface area contributed by atoms with Gasteiger partial charge in [0.2, 0.25) is 0 Å². The van der Waals surface area contributed by atoms with Gasteiger partial charge in [0.05, 0.1) is 28.3 Å². The third kappa shape index (κ3) is 7.89. The Morgan fingerprint density at radius 3 is 1.33 bits per heavy atom. The Labute approximate surface area is 241 Å². The van der Waals surface area contributed by atoms with E-state index in [4.69, 9.17) is 4.43 Å². The van der Waals surface area contributed by atoms with Gasteiger partial charge in [-0.2, -0.15) is 52.7 Å². The summed E-state index contributed by atoms with van der Waals surface area (Å²) in [4.78, 5) is 1.49. The lowest BCUT2D eigenvalue weighted by Gasteiger charge is -2.47. The SMILES string of the molecule is CC/C=C/N1CCC[C@H]1C(O[Si](C)(C)C)(c1cc(C(F)(F)F)cc(C(F)(F)F)c1)c1cc(C(F)(F)F)cc(C(F)(F)F)c1. The van der Waals surface area contributed by atoms with Crippen molar-refractivity contribution in [3.63, 3.8) is 0 Å². The predicted octanol–water partition coefficient (Wildman–Crippen LogP) is 10.2. The van der Waals surface area contributed by atoms with E-state index in [-0.39, 0.29) is 31.5 Å². The first kappa shape index (κ1) is 34.8. The number of likely N-dealkylation sites (tertiary alicyclic amines) is 1. The molecule has 2 nitrogen and oxygen atoms in total. The number of hydrogen-bond donors (Lipinski definition) is 0. The van der Waals surface area contributed by atoms with Crippen LogP contribution in [0.4, 0.5) is 52.7 Å². The van der Waals surface area contributed by atoms with Crippen LogP contribution in [0.15, 0.2) is 48.7 Å². The summed E-state index contributed by atoms with van der Waals surface area (Å²) in [6, 6.07) is -0.285. The first-order valence-corrected chi connectivity index (χ1v) is 16.5. The predicted molar refractivity (Wildman–Crippen MR) is 137 cm³/mol. The molecular weight excluding hydrogens is 622 g/mol. The van der Waals surface area contributed by atoms with Crippen molar-refractivity contribution in [1.82, 2.24) is 4.90 Å². The van der Waals surface area contributed by atoms with E-state index in [1.165, 1.54) is 30.7 Å². The average Bonchev–Trinajstić information content (AvgIpc) is 3.31. The number of halogens is 12. The van der Waals surface area contributed by atoms with Gasteiger partial charge in [-0.05, 0) is 92.6 Å². The van der Waals surface area contributed by atoms with Crippen molar-refractivity contribution >= 4 is 8.32 Å². The molecule has 15 heteroatoms. The molecule has 43 heavy (non-hydrogen) atoms. The molecule has 1 heterocycles. The quantitative estimate of drug-likeness (QED) is 0.218.